The Labute approximate surface area is 197 Å². The number of carbonyl (C=O) groups excluding carboxylic acids is 2. The number of hydrogen-bond donors (Lipinski definition) is 0. The van der Waals surface area contributed by atoms with Crippen LogP contribution in [-0.2, 0) is 4.74 Å². The van der Waals surface area contributed by atoms with Crippen LogP contribution in [0.4, 0.5) is 0 Å². The minimum absolute atomic E-state index is 0.0215. The Kier molecular flexibility index (Phi) is 6.24. The molecular weight excluding hydrogens is 488 g/mol. The van der Waals surface area contributed by atoms with Gasteiger partial charge in [-0.2, -0.15) is 4.99 Å². The molecule has 0 fully saturated rings. The minimum Gasteiger partial charge on any atom is -0.462 e. The minimum atomic E-state index is -0.676. The molecule has 1 aromatic carbocycles. The Morgan fingerprint density at radius 3 is 2.55 bits per heavy atom. The fourth-order valence-electron chi connectivity index (χ4n) is 3.59. The fraction of sp³-hybridized carbons (Fsp3) is 0.208. The van der Waals surface area contributed by atoms with Crippen molar-refractivity contribution in [3.8, 4) is 0 Å². The first-order valence-electron chi connectivity index (χ1n) is 10.4. The zero-order chi connectivity index (χ0) is 23.7. The van der Waals surface area contributed by atoms with Crippen molar-refractivity contribution in [1.82, 2.24) is 14.0 Å². The van der Waals surface area contributed by atoms with E-state index >= 15 is 0 Å². The first-order valence-corrected chi connectivity index (χ1v) is 11.2. The van der Waals surface area contributed by atoms with Gasteiger partial charge in [-0.25, -0.2) is 9.78 Å². The van der Waals surface area contributed by atoms with E-state index in [0.29, 0.717) is 21.3 Å². The third kappa shape index (κ3) is 4.11. The second-order valence-corrected chi connectivity index (χ2v) is 8.40. The lowest BCUT2D eigenvalue weighted by molar-refractivity contribution is 0.0523. The fourth-order valence-corrected chi connectivity index (χ4v) is 4.05. The largest absolute Gasteiger partial charge is 0.462 e. The van der Waals surface area contributed by atoms with Gasteiger partial charge in [0.25, 0.3) is 11.5 Å². The van der Waals surface area contributed by atoms with E-state index in [2.05, 4.69) is 25.9 Å². The molecule has 0 aliphatic heterocycles. The summed E-state index contributed by atoms with van der Waals surface area (Å²) in [5.41, 5.74) is 0.884. The molecule has 3 heterocycles. The standard InChI is InChI=1S/C24H21BrN4O4/c1-4-33-24(32)17-13-16-20(26-19-11-7-8-12-28(19)23(16)31)29(14(2)3)21(17)27-22(30)15-9-5-6-10-18(15)25/h5-14H,4H2,1-3H3. The third-order valence-electron chi connectivity index (χ3n) is 5.06. The summed E-state index contributed by atoms with van der Waals surface area (Å²) in [6.07, 6.45) is 1.61. The average Bonchev–Trinajstić information content (AvgIpc) is 2.79. The molecular formula is C24H21BrN4O4. The van der Waals surface area contributed by atoms with Gasteiger partial charge in [0, 0.05) is 16.7 Å². The van der Waals surface area contributed by atoms with Gasteiger partial charge in [0.05, 0.1) is 17.6 Å². The van der Waals surface area contributed by atoms with Crippen molar-refractivity contribution in [2.45, 2.75) is 26.8 Å². The van der Waals surface area contributed by atoms with E-state index in [-0.39, 0.29) is 34.6 Å². The molecule has 0 aliphatic carbocycles. The van der Waals surface area contributed by atoms with Gasteiger partial charge in [0.1, 0.15) is 16.9 Å². The molecule has 0 unspecified atom stereocenters. The van der Waals surface area contributed by atoms with E-state index < -0.39 is 11.9 Å². The molecule has 0 saturated carbocycles. The zero-order valence-corrected chi connectivity index (χ0v) is 19.9. The molecule has 3 aromatic heterocycles. The number of pyridine rings is 2. The Morgan fingerprint density at radius 1 is 1.12 bits per heavy atom. The number of esters is 1. The van der Waals surface area contributed by atoms with Gasteiger partial charge >= 0.3 is 5.97 Å². The highest BCUT2D eigenvalue weighted by atomic mass is 79.9. The lowest BCUT2D eigenvalue weighted by atomic mass is 10.1. The van der Waals surface area contributed by atoms with Gasteiger partial charge in [-0.05, 0) is 67.0 Å². The summed E-state index contributed by atoms with van der Waals surface area (Å²) < 4.78 is 8.85. The monoisotopic (exact) mass is 508 g/mol. The second-order valence-electron chi connectivity index (χ2n) is 7.55. The number of aromatic nitrogens is 3. The molecule has 1 amide bonds. The van der Waals surface area contributed by atoms with E-state index in [9.17, 15) is 14.4 Å². The highest BCUT2D eigenvalue weighted by Crippen LogP contribution is 2.18. The molecule has 0 atom stereocenters. The maximum atomic E-state index is 13.2. The first-order chi connectivity index (χ1) is 15.8. The number of ether oxygens (including phenoxy) is 1. The van der Waals surface area contributed by atoms with Crippen LogP contribution >= 0.6 is 15.9 Å². The van der Waals surface area contributed by atoms with Crippen LogP contribution in [0.25, 0.3) is 16.7 Å². The number of halogens is 1. The molecule has 0 saturated heterocycles. The summed E-state index contributed by atoms with van der Waals surface area (Å²) in [6, 6.07) is 13.3. The van der Waals surface area contributed by atoms with Crippen molar-refractivity contribution in [1.29, 1.82) is 0 Å². The molecule has 4 rings (SSSR count). The summed E-state index contributed by atoms with van der Waals surface area (Å²) in [5.74, 6) is -1.22. The van der Waals surface area contributed by atoms with E-state index in [1.165, 1.54) is 10.5 Å². The number of benzene rings is 1. The van der Waals surface area contributed by atoms with Crippen LogP contribution < -0.4 is 11.0 Å². The molecule has 168 valence electrons. The zero-order valence-electron chi connectivity index (χ0n) is 18.3. The predicted molar refractivity (Wildman–Crippen MR) is 127 cm³/mol. The van der Waals surface area contributed by atoms with Crippen LogP contribution in [0.3, 0.4) is 0 Å². The Hall–Kier alpha value is -3.59. The van der Waals surface area contributed by atoms with Crippen LogP contribution in [0, 0.1) is 0 Å². The number of nitrogens with zero attached hydrogens (tertiary/aromatic N) is 4. The number of rotatable bonds is 4. The van der Waals surface area contributed by atoms with Crippen LogP contribution in [-0.4, -0.2) is 32.4 Å². The van der Waals surface area contributed by atoms with Crippen LogP contribution in [0.1, 0.15) is 47.5 Å². The van der Waals surface area contributed by atoms with Crippen LogP contribution in [0.15, 0.2) is 69.0 Å². The van der Waals surface area contributed by atoms with Crippen molar-refractivity contribution in [3.05, 3.63) is 86.2 Å². The molecule has 8 nitrogen and oxygen atoms in total. The molecule has 33 heavy (non-hydrogen) atoms. The highest BCUT2D eigenvalue weighted by Gasteiger charge is 2.21. The molecule has 0 N–H and O–H groups in total. The second kappa shape index (κ2) is 9.11. The van der Waals surface area contributed by atoms with Crippen LogP contribution in [0.5, 0.6) is 0 Å². The molecule has 0 spiro atoms. The molecule has 4 aromatic rings. The summed E-state index contributed by atoms with van der Waals surface area (Å²) >= 11 is 3.37. The van der Waals surface area contributed by atoms with Crippen molar-refractivity contribution in [3.63, 3.8) is 0 Å². The lowest BCUT2D eigenvalue weighted by Gasteiger charge is -2.17. The molecule has 9 heteroatoms. The topological polar surface area (TPSA) is 95.0 Å². The summed E-state index contributed by atoms with van der Waals surface area (Å²) in [6.45, 7) is 5.54. The smallest absolute Gasteiger partial charge is 0.341 e. The first kappa shape index (κ1) is 22.6. The number of carbonyl (C=O) groups is 2. The van der Waals surface area contributed by atoms with Crippen LogP contribution in [0.2, 0.25) is 0 Å². The maximum Gasteiger partial charge on any atom is 0.341 e. The van der Waals surface area contributed by atoms with Crippen molar-refractivity contribution in [2.75, 3.05) is 6.61 Å². The number of amides is 1. The Morgan fingerprint density at radius 2 is 1.85 bits per heavy atom. The van der Waals surface area contributed by atoms with E-state index in [0.717, 1.165) is 0 Å². The van der Waals surface area contributed by atoms with Gasteiger partial charge in [-0.3, -0.25) is 14.0 Å². The van der Waals surface area contributed by atoms with Gasteiger partial charge in [0.15, 0.2) is 5.49 Å². The van der Waals surface area contributed by atoms with Crippen molar-refractivity contribution >= 4 is 44.5 Å². The number of fused-ring (bicyclic) bond motifs is 2. The third-order valence-corrected chi connectivity index (χ3v) is 5.75. The van der Waals surface area contributed by atoms with E-state index in [1.54, 1.807) is 60.2 Å². The lowest BCUT2D eigenvalue weighted by Crippen LogP contribution is -2.33. The van der Waals surface area contributed by atoms with E-state index in [1.807, 2.05) is 13.8 Å². The SMILES string of the molecule is CCOC(=O)c1cc2c(=O)n3ccccc3nc2n(C(C)C)c1=NC(=O)c1ccccc1Br. The van der Waals surface area contributed by atoms with Gasteiger partial charge in [0.2, 0.25) is 0 Å². The van der Waals surface area contributed by atoms with Crippen molar-refractivity contribution < 1.29 is 14.3 Å². The average molecular weight is 509 g/mol. The molecule has 0 aliphatic rings. The molecule has 0 bridgehead atoms. The predicted octanol–water partition coefficient (Wildman–Crippen LogP) is 3.91. The number of hydrogen-bond acceptors (Lipinski definition) is 5. The normalized spacial score (nSPS) is 12.0. The summed E-state index contributed by atoms with van der Waals surface area (Å²) in [5, 5.41) is 0.225. The maximum absolute atomic E-state index is 13.2. The molecule has 0 radical (unpaired) electrons. The van der Waals surface area contributed by atoms with Gasteiger partial charge in [-0.1, -0.05) is 18.2 Å². The quantitative estimate of drug-likeness (QED) is 0.307. The highest BCUT2D eigenvalue weighted by molar-refractivity contribution is 9.10. The van der Waals surface area contributed by atoms with Gasteiger partial charge < -0.3 is 9.30 Å². The Balaban J connectivity index is 2.16. The van der Waals surface area contributed by atoms with E-state index in [4.69, 9.17) is 4.74 Å². The summed E-state index contributed by atoms with van der Waals surface area (Å²) in [4.78, 5) is 48.2. The van der Waals surface area contributed by atoms with Crippen molar-refractivity contribution in [2.24, 2.45) is 4.99 Å². The Bertz CT molecular complexity index is 1540. The van der Waals surface area contributed by atoms with Gasteiger partial charge in [-0.15, -0.1) is 0 Å². The summed E-state index contributed by atoms with van der Waals surface area (Å²) in [7, 11) is 0.